The molecule has 0 aliphatic carbocycles. The van der Waals surface area contributed by atoms with Crippen LogP contribution in [0, 0.1) is 18.3 Å². The molecule has 0 bridgehead atoms. The van der Waals surface area contributed by atoms with Crippen LogP contribution in [0.1, 0.15) is 17.3 Å². The van der Waals surface area contributed by atoms with Crippen molar-refractivity contribution >= 4 is 10.0 Å². The Balaban J connectivity index is 2.22. The van der Waals surface area contributed by atoms with Crippen LogP contribution in [0.3, 0.4) is 0 Å². The van der Waals surface area contributed by atoms with Gasteiger partial charge in [-0.2, -0.15) is 14.7 Å². The number of nitrogens with one attached hydrogen (secondary N) is 1. The van der Waals surface area contributed by atoms with Gasteiger partial charge in [-0.1, -0.05) is 0 Å². The zero-order chi connectivity index (χ0) is 14.8. The first-order valence-corrected chi connectivity index (χ1v) is 7.08. The first-order valence-electron chi connectivity index (χ1n) is 5.64. The van der Waals surface area contributed by atoms with E-state index in [0.29, 0.717) is 11.6 Å². The predicted molar refractivity (Wildman–Crippen MR) is 68.7 cm³/mol. The molecule has 104 valence electrons. The summed E-state index contributed by atoms with van der Waals surface area (Å²) in [6, 6.07) is 4.54. The van der Waals surface area contributed by atoms with E-state index in [9.17, 15) is 8.42 Å². The second-order valence-electron chi connectivity index (χ2n) is 4.09. The van der Waals surface area contributed by atoms with E-state index < -0.39 is 10.0 Å². The van der Waals surface area contributed by atoms with E-state index >= 15 is 0 Å². The van der Waals surface area contributed by atoms with E-state index in [-0.39, 0.29) is 17.1 Å². The molecule has 2 heterocycles. The minimum absolute atomic E-state index is 0.0197. The lowest BCUT2D eigenvalue weighted by atomic mass is 10.4. The largest absolute Gasteiger partial charge is 0.263 e. The van der Waals surface area contributed by atoms with Crippen LogP contribution < -0.4 is 0 Å². The van der Waals surface area contributed by atoms with Gasteiger partial charge in [0.2, 0.25) is 10.0 Å². The highest BCUT2D eigenvalue weighted by molar-refractivity contribution is 7.89. The van der Waals surface area contributed by atoms with Crippen molar-refractivity contribution in [2.75, 3.05) is 7.05 Å². The molecular weight excluding hydrogens is 280 g/mol. The molecule has 0 atom stereocenters. The van der Waals surface area contributed by atoms with Gasteiger partial charge < -0.3 is 0 Å². The smallest absolute Gasteiger partial charge is 0.244 e. The Kier molecular flexibility index (Phi) is 3.78. The van der Waals surface area contributed by atoms with E-state index in [1.54, 1.807) is 6.92 Å². The summed E-state index contributed by atoms with van der Waals surface area (Å²) in [6.07, 6.45) is 1.16. The minimum Gasteiger partial charge on any atom is -0.263 e. The van der Waals surface area contributed by atoms with Gasteiger partial charge in [0.05, 0.1) is 6.54 Å². The van der Waals surface area contributed by atoms with Crippen LogP contribution in [-0.4, -0.2) is 39.9 Å². The van der Waals surface area contributed by atoms with E-state index in [1.807, 2.05) is 6.07 Å². The minimum atomic E-state index is -3.69. The lowest BCUT2D eigenvalue weighted by molar-refractivity contribution is 0.457. The van der Waals surface area contributed by atoms with Gasteiger partial charge in [-0.05, 0) is 19.1 Å². The molecule has 2 aromatic heterocycles. The number of hydrogen-bond donors (Lipinski definition) is 1. The summed E-state index contributed by atoms with van der Waals surface area (Å²) in [7, 11) is -2.26. The Morgan fingerprint density at radius 3 is 2.70 bits per heavy atom. The van der Waals surface area contributed by atoms with Crippen molar-refractivity contribution in [3.8, 4) is 6.07 Å². The fourth-order valence-corrected chi connectivity index (χ4v) is 2.59. The van der Waals surface area contributed by atoms with Crippen LogP contribution in [-0.2, 0) is 16.6 Å². The van der Waals surface area contributed by atoms with E-state index in [1.165, 1.54) is 19.2 Å². The van der Waals surface area contributed by atoms with Gasteiger partial charge in [0.25, 0.3) is 0 Å². The highest BCUT2D eigenvalue weighted by Crippen LogP contribution is 2.14. The first kappa shape index (κ1) is 14.1. The standard InChI is InChI=1S/C11H12N6O2S/c1-8-14-11(16-15-8)7-17(2)20(18,19)10-4-3-9(5-12)13-6-10/h3-4,6H,7H2,1-2H3,(H,14,15,16). The third kappa shape index (κ3) is 2.81. The average molecular weight is 292 g/mol. The van der Waals surface area contributed by atoms with E-state index in [4.69, 9.17) is 5.26 Å². The Hall–Kier alpha value is -2.31. The lowest BCUT2D eigenvalue weighted by Crippen LogP contribution is -2.27. The molecule has 0 radical (unpaired) electrons. The van der Waals surface area contributed by atoms with Gasteiger partial charge in [0, 0.05) is 13.2 Å². The SMILES string of the molecule is Cc1nc(CN(C)S(=O)(=O)c2ccc(C#N)nc2)n[nH]1. The van der Waals surface area contributed by atoms with Crippen molar-refractivity contribution < 1.29 is 8.42 Å². The second kappa shape index (κ2) is 5.36. The van der Waals surface area contributed by atoms with E-state index in [0.717, 1.165) is 10.5 Å². The first-order chi connectivity index (χ1) is 9.43. The second-order valence-corrected chi connectivity index (χ2v) is 6.13. The molecular formula is C11H12N6O2S. The van der Waals surface area contributed by atoms with Gasteiger partial charge >= 0.3 is 0 Å². The summed E-state index contributed by atoms with van der Waals surface area (Å²) in [5.41, 5.74) is 0.163. The van der Waals surface area contributed by atoms with Gasteiger partial charge in [0.15, 0.2) is 5.82 Å². The Bertz CT molecular complexity index is 744. The van der Waals surface area contributed by atoms with Gasteiger partial charge in [0.1, 0.15) is 22.5 Å². The third-order valence-corrected chi connectivity index (χ3v) is 4.35. The summed E-state index contributed by atoms with van der Waals surface area (Å²) in [5.74, 6) is 1.00. The number of nitrogens with zero attached hydrogens (tertiary/aromatic N) is 5. The van der Waals surface area contributed by atoms with Crippen molar-refractivity contribution in [2.45, 2.75) is 18.4 Å². The quantitative estimate of drug-likeness (QED) is 0.860. The van der Waals surface area contributed by atoms with Crippen LogP contribution in [0.2, 0.25) is 0 Å². The Morgan fingerprint density at radius 2 is 2.20 bits per heavy atom. The van der Waals surface area contributed by atoms with Crippen LogP contribution in [0.5, 0.6) is 0 Å². The van der Waals surface area contributed by atoms with Crippen molar-refractivity contribution in [3.05, 3.63) is 35.7 Å². The maximum Gasteiger partial charge on any atom is 0.244 e. The molecule has 9 heteroatoms. The number of aryl methyl sites for hydroxylation is 1. The van der Waals surface area contributed by atoms with Crippen molar-refractivity contribution in [1.82, 2.24) is 24.5 Å². The number of aromatic amines is 1. The molecule has 1 N–H and O–H groups in total. The summed E-state index contributed by atoms with van der Waals surface area (Å²) >= 11 is 0. The molecule has 2 aromatic rings. The number of nitriles is 1. The molecule has 2 rings (SSSR count). The van der Waals surface area contributed by atoms with Crippen LogP contribution in [0.15, 0.2) is 23.2 Å². The number of sulfonamides is 1. The molecule has 0 spiro atoms. The lowest BCUT2D eigenvalue weighted by Gasteiger charge is -2.15. The average Bonchev–Trinajstić information content (AvgIpc) is 2.84. The summed E-state index contributed by atoms with van der Waals surface area (Å²) in [5, 5.41) is 15.2. The fraction of sp³-hybridized carbons (Fsp3) is 0.273. The number of hydrogen-bond acceptors (Lipinski definition) is 6. The van der Waals surface area contributed by atoms with Crippen LogP contribution in [0.25, 0.3) is 0 Å². The number of H-pyrrole nitrogens is 1. The normalized spacial score (nSPS) is 11.5. The molecule has 20 heavy (non-hydrogen) atoms. The number of aromatic nitrogens is 4. The summed E-state index contributed by atoms with van der Waals surface area (Å²) < 4.78 is 25.7. The maximum absolute atomic E-state index is 12.3. The molecule has 0 aliphatic rings. The van der Waals surface area contributed by atoms with Gasteiger partial charge in [-0.15, -0.1) is 0 Å². The molecule has 0 saturated carbocycles. The summed E-state index contributed by atoms with van der Waals surface area (Å²) in [6.45, 7) is 1.78. The Morgan fingerprint density at radius 1 is 1.45 bits per heavy atom. The van der Waals surface area contributed by atoms with Crippen molar-refractivity contribution in [2.24, 2.45) is 0 Å². The predicted octanol–water partition coefficient (Wildman–Crippen LogP) is 0.201. The molecule has 0 saturated heterocycles. The highest BCUT2D eigenvalue weighted by Gasteiger charge is 2.22. The van der Waals surface area contributed by atoms with Crippen molar-refractivity contribution in [3.63, 3.8) is 0 Å². The van der Waals surface area contributed by atoms with E-state index in [2.05, 4.69) is 20.2 Å². The van der Waals surface area contributed by atoms with Gasteiger partial charge in [-0.3, -0.25) is 5.10 Å². The topological polar surface area (TPSA) is 116 Å². The number of pyridine rings is 1. The summed E-state index contributed by atoms with van der Waals surface area (Å²) in [4.78, 5) is 7.83. The zero-order valence-corrected chi connectivity index (χ0v) is 11.7. The third-order valence-electron chi connectivity index (χ3n) is 2.57. The van der Waals surface area contributed by atoms with Crippen molar-refractivity contribution in [1.29, 1.82) is 5.26 Å². The van der Waals surface area contributed by atoms with Crippen LogP contribution in [0.4, 0.5) is 0 Å². The van der Waals surface area contributed by atoms with Crippen LogP contribution >= 0.6 is 0 Å². The monoisotopic (exact) mass is 292 g/mol. The molecule has 0 fully saturated rings. The zero-order valence-electron chi connectivity index (χ0n) is 10.9. The molecule has 0 aromatic carbocycles. The Labute approximate surface area is 116 Å². The highest BCUT2D eigenvalue weighted by atomic mass is 32.2. The van der Waals surface area contributed by atoms with Gasteiger partial charge in [-0.25, -0.2) is 18.4 Å². The maximum atomic E-state index is 12.3. The molecule has 0 unspecified atom stereocenters. The number of rotatable bonds is 4. The molecule has 0 amide bonds. The fourth-order valence-electron chi connectivity index (χ4n) is 1.52. The molecule has 8 nitrogen and oxygen atoms in total. The molecule has 0 aliphatic heterocycles.